The molecule has 1 aromatic heterocycles. The Balaban J connectivity index is 1.63. The molecular weight excluding hydrogens is 384 g/mol. The summed E-state index contributed by atoms with van der Waals surface area (Å²) in [5, 5.41) is 16.0. The summed E-state index contributed by atoms with van der Waals surface area (Å²) in [7, 11) is 1.73. The number of amides is 2. The summed E-state index contributed by atoms with van der Waals surface area (Å²) < 4.78 is 5.40. The van der Waals surface area contributed by atoms with Crippen LogP contribution in [0.25, 0.3) is 11.3 Å². The first-order chi connectivity index (χ1) is 14.3. The van der Waals surface area contributed by atoms with Gasteiger partial charge in [-0.2, -0.15) is 0 Å². The third kappa shape index (κ3) is 4.71. The molecule has 2 aromatic rings. The summed E-state index contributed by atoms with van der Waals surface area (Å²) in [6, 6.07) is 6.62. The molecule has 0 bridgehead atoms. The number of oxazole rings is 1. The molecule has 2 amide bonds. The van der Waals surface area contributed by atoms with Gasteiger partial charge in [-0.1, -0.05) is 38.1 Å². The van der Waals surface area contributed by atoms with Gasteiger partial charge in [-0.3, -0.25) is 9.59 Å². The second-order valence-corrected chi connectivity index (χ2v) is 8.09. The lowest BCUT2D eigenvalue weighted by atomic mass is 10.0. The molecule has 3 N–H and O–H groups in total. The molecule has 0 unspecified atom stereocenters. The van der Waals surface area contributed by atoms with Crippen molar-refractivity contribution in [3.8, 4) is 11.3 Å². The standard InChI is InChI=1S/C22H30N4O4/c1-13(2)19(23-4)22(29)26-11-17(27)9-18(26)21(28)24-10-15-5-7-16(8-6-15)20-14(3)25-12-30-20/h5-8,12-13,17-19,23,27H,9-11H2,1-4H3,(H,24,28)/t17-,18+,19+/m1/s1. The Hall–Kier alpha value is -2.71. The number of likely N-dealkylation sites (tertiary alicyclic amines) is 1. The number of nitrogens with zero attached hydrogens (tertiary/aromatic N) is 2. The van der Waals surface area contributed by atoms with Crippen molar-refractivity contribution in [2.45, 2.75) is 51.9 Å². The van der Waals surface area contributed by atoms with Crippen LogP contribution in [0, 0.1) is 12.8 Å². The fraction of sp³-hybridized carbons (Fsp3) is 0.500. The molecule has 1 saturated heterocycles. The third-order valence-corrected chi connectivity index (χ3v) is 5.54. The van der Waals surface area contributed by atoms with Crippen LogP contribution in [0.15, 0.2) is 35.1 Å². The number of benzene rings is 1. The highest BCUT2D eigenvalue weighted by Gasteiger charge is 2.41. The minimum atomic E-state index is -0.696. The van der Waals surface area contributed by atoms with Crippen LogP contribution in [0.2, 0.25) is 0 Å². The molecule has 30 heavy (non-hydrogen) atoms. The van der Waals surface area contributed by atoms with Gasteiger partial charge in [0.15, 0.2) is 12.2 Å². The third-order valence-electron chi connectivity index (χ3n) is 5.54. The van der Waals surface area contributed by atoms with Crippen LogP contribution in [0.5, 0.6) is 0 Å². The second kappa shape index (κ2) is 9.40. The number of hydrogen-bond donors (Lipinski definition) is 3. The SMILES string of the molecule is CN[C@H](C(=O)N1C[C@H](O)C[C@H]1C(=O)NCc1ccc(-c2ocnc2C)cc1)C(C)C. The van der Waals surface area contributed by atoms with Gasteiger partial charge in [-0.15, -0.1) is 0 Å². The van der Waals surface area contributed by atoms with E-state index in [0.717, 1.165) is 22.6 Å². The van der Waals surface area contributed by atoms with Crippen LogP contribution in [-0.4, -0.2) is 58.6 Å². The number of aliphatic hydroxyl groups excluding tert-OH is 1. The van der Waals surface area contributed by atoms with E-state index in [-0.39, 0.29) is 30.7 Å². The van der Waals surface area contributed by atoms with E-state index in [9.17, 15) is 14.7 Å². The van der Waals surface area contributed by atoms with Crippen LogP contribution in [0.3, 0.4) is 0 Å². The largest absolute Gasteiger partial charge is 0.443 e. The fourth-order valence-corrected chi connectivity index (χ4v) is 3.89. The summed E-state index contributed by atoms with van der Waals surface area (Å²) in [5.74, 6) is 0.393. The molecule has 2 heterocycles. The van der Waals surface area contributed by atoms with Gasteiger partial charge in [-0.05, 0) is 25.5 Å². The summed E-state index contributed by atoms with van der Waals surface area (Å²) >= 11 is 0. The number of likely N-dealkylation sites (N-methyl/N-ethyl adjacent to an activating group) is 1. The monoisotopic (exact) mass is 414 g/mol. The fourth-order valence-electron chi connectivity index (χ4n) is 3.89. The number of hydrogen-bond acceptors (Lipinski definition) is 6. The van der Waals surface area contributed by atoms with E-state index in [4.69, 9.17) is 4.42 Å². The zero-order valence-corrected chi connectivity index (χ0v) is 17.9. The van der Waals surface area contributed by atoms with Crippen molar-refractivity contribution >= 4 is 11.8 Å². The lowest BCUT2D eigenvalue weighted by Gasteiger charge is -2.29. The van der Waals surface area contributed by atoms with E-state index in [2.05, 4.69) is 15.6 Å². The molecule has 0 saturated carbocycles. The molecule has 8 heteroatoms. The highest BCUT2D eigenvalue weighted by atomic mass is 16.3. The van der Waals surface area contributed by atoms with Crippen LogP contribution in [0.4, 0.5) is 0 Å². The van der Waals surface area contributed by atoms with Crippen LogP contribution < -0.4 is 10.6 Å². The Morgan fingerprint density at radius 3 is 2.57 bits per heavy atom. The Morgan fingerprint density at radius 1 is 1.30 bits per heavy atom. The summed E-state index contributed by atoms with van der Waals surface area (Å²) in [5.41, 5.74) is 2.67. The average Bonchev–Trinajstić information content (AvgIpc) is 3.32. The number of carbonyl (C=O) groups excluding carboxylic acids is 2. The smallest absolute Gasteiger partial charge is 0.243 e. The van der Waals surface area contributed by atoms with Gasteiger partial charge in [0.2, 0.25) is 11.8 Å². The van der Waals surface area contributed by atoms with Crippen LogP contribution >= 0.6 is 0 Å². The highest BCUT2D eigenvalue weighted by Crippen LogP contribution is 2.23. The Kier molecular flexibility index (Phi) is 6.89. The summed E-state index contributed by atoms with van der Waals surface area (Å²) in [6.07, 6.45) is 0.967. The first-order valence-electron chi connectivity index (χ1n) is 10.2. The molecule has 3 atom stereocenters. The first-order valence-corrected chi connectivity index (χ1v) is 10.2. The maximum Gasteiger partial charge on any atom is 0.243 e. The summed E-state index contributed by atoms with van der Waals surface area (Å²) in [6.45, 7) is 6.29. The van der Waals surface area contributed by atoms with E-state index in [1.807, 2.05) is 45.0 Å². The van der Waals surface area contributed by atoms with E-state index in [0.29, 0.717) is 6.54 Å². The van der Waals surface area contributed by atoms with E-state index >= 15 is 0 Å². The lowest BCUT2D eigenvalue weighted by molar-refractivity contribution is -0.140. The molecule has 1 aliphatic heterocycles. The zero-order valence-electron chi connectivity index (χ0n) is 17.9. The quantitative estimate of drug-likeness (QED) is 0.633. The van der Waals surface area contributed by atoms with Gasteiger partial charge >= 0.3 is 0 Å². The van der Waals surface area contributed by atoms with Crippen molar-refractivity contribution in [2.24, 2.45) is 5.92 Å². The molecule has 8 nitrogen and oxygen atoms in total. The van der Waals surface area contributed by atoms with Gasteiger partial charge in [0, 0.05) is 25.1 Å². The number of β-amino-alcohol motifs (C(OH)–C–C–N with tert-alkyl or cyclic N) is 1. The highest BCUT2D eigenvalue weighted by molar-refractivity contribution is 5.90. The van der Waals surface area contributed by atoms with E-state index < -0.39 is 18.2 Å². The van der Waals surface area contributed by atoms with Gasteiger partial charge in [-0.25, -0.2) is 4.98 Å². The average molecular weight is 415 g/mol. The van der Waals surface area contributed by atoms with Gasteiger partial charge in [0.05, 0.1) is 17.8 Å². The number of aryl methyl sites for hydroxylation is 1. The normalized spacial score (nSPS) is 19.9. The number of nitrogens with one attached hydrogen (secondary N) is 2. The Bertz CT molecular complexity index is 878. The van der Waals surface area contributed by atoms with Crippen molar-refractivity contribution in [2.75, 3.05) is 13.6 Å². The maximum absolute atomic E-state index is 12.9. The topological polar surface area (TPSA) is 108 Å². The summed E-state index contributed by atoms with van der Waals surface area (Å²) in [4.78, 5) is 31.3. The van der Waals surface area contributed by atoms with Crippen molar-refractivity contribution in [1.82, 2.24) is 20.5 Å². The van der Waals surface area contributed by atoms with Gasteiger partial charge in [0.25, 0.3) is 0 Å². The number of aromatic nitrogens is 1. The van der Waals surface area contributed by atoms with Crippen molar-refractivity contribution < 1.29 is 19.1 Å². The Morgan fingerprint density at radius 2 is 2.00 bits per heavy atom. The lowest BCUT2D eigenvalue weighted by Crippen LogP contribution is -2.53. The number of aliphatic hydroxyl groups is 1. The minimum absolute atomic E-state index is 0.0791. The maximum atomic E-state index is 12.9. The molecular formula is C22H30N4O4. The predicted molar refractivity (Wildman–Crippen MR) is 112 cm³/mol. The van der Waals surface area contributed by atoms with Gasteiger partial charge < -0.3 is 25.1 Å². The van der Waals surface area contributed by atoms with E-state index in [1.54, 1.807) is 7.05 Å². The Labute approximate surface area is 176 Å². The molecule has 3 rings (SSSR count). The molecule has 1 fully saturated rings. The van der Waals surface area contributed by atoms with Crippen molar-refractivity contribution in [3.05, 3.63) is 41.9 Å². The van der Waals surface area contributed by atoms with Crippen LogP contribution in [0.1, 0.15) is 31.5 Å². The van der Waals surface area contributed by atoms with Crippen molar-refractivity contribution in [3.63, 3.8) is 0 Å². The van der Waals surface area contributed by atoms with Crippen LogP contribution in [-0.2, 0) is 16.1 Å². The predicted octanol–water partition coefficient (Wildman–Crippen LogP) is 1.47. The second-order valence-electron chi connectivity index (χ2n) is 8.09. The molecule has 0 spiro atoms. The van der Waals surface area contributed by atoms with E-state index in [1.165, 1.54) is 11.3 Å². The molecule has 0 aliphatic carbocycles. The zero-order chi connectivity index (χ0) is 21.8. The number of carbonyl (C=O) groups is 2. The molecule has 162 valence electrons. The number of rotatable bonds is 7. The molecule has 0 radical (unpaired) electrons. The minimum Gasteiger partial charge on any atom is -0.443 e. The first kappa shape index (κ1) is 22.0. The molecule has 1 aliphatic rings. The van der Waals surface area contributed by atoms with Gasteiger partial charge in [0.1, 0.15) is 6.04 Å². The van der Waals surface area contributed by atoms with Crippen molar-refractivity contribution in [1.29, 1.82) is 0 Å². The molecule has 1 aromatic carbocycles.